The van der Waals surface area contributed by atoms with Gasteiger partial charge in [0.05, 0.1) is 12.7 Å². The maximum absolute atomic E-state index is 13.1. The van der Waals surface area contributed by atoms with Crippen LogP contribution in [0.3, 0.4) is 0 Å². The molecule has 0 unspecified atom stereocenters. The molecule has 4 atom stereocenters. The number of carboxylic acid groups (broad SMARTS) is 1. The average molecular weight is 539 g/mol. The van der Waals surface area contributed by atoms with Gasteiger partial charge in [0, 0.05) is 63.4 Å². The van der Waals surface area contributed by atoms with Crippen LogP contribution >= 0.6 is 11.6 Å². The molecular weight excluding hydrogens is 496 g/mol. The lowest BCUT2D eigenvalue weighted by atomic mass is 9.88. The number of urea groups is 1. The monoisotopic (exact) mass is 538 g/mol. The number of nitrogens with zero attached hydrogens (tertiary/aromatic N) is 2. The van der Waals surface area contributed by atoms with Crippen molar-refractivity contribution in [3.8, 4) is 0 Å². The van der Waals surface area contributed by atoms with Crippen LogP contribution in [0.25, 0.3) is 0 Å². The first kappa shape index (κ1) is 29.5. The molecule has 2 aliphatic rings. The summed E-state index contributed by atoms with van der Waals surface area (Å²) in [7, 11) is 3.47. The minimum Gasteiger partial charge on any atom is -0.465 e. The fourth-order valence-electron chi connectivity index (χ4n) is 5.23. The molecule has 9 nitrogen and oxygen atoms in total. The Kier molecular flexibility index (Phi) is 12.2. The molecule has 1 aromatic carbocycles. The molecule has 0 saturated carbocycles. The molecule has 0 spiro atoms. The van der Waals surface area contributed by atoms with Gasteiger partial charge < -0.3 is 35.0 Å². The van der Waals surface area contributed by atoms with Crippen molar-refractivity contribution < 1.29 is 24.2 Å². The lowest BCUT2D eigenvalue weighted by molar-refractivity contribution is -0.0154. The van der Waals surface area contributed by atoms with E-state index in [1.807, 2.05) is 36.2 Å². The zero-order valence-corrected chi connectivity index (χ0v) is 22.9. The van der Waals surface area contributed by atoms with Crippen molar-refractivity contribution in [3.05, 3.63) is 34.9 Å². The molecule has 2 saturated heterocycles. The van der Waals surface area contributed by atoms with Gasteiger partial charge in [-0.05, 0) is 62.8 Å². The van der Waals surface area contributed by atoms with Gasteiger partial charge in [-0.3, -0.25) is 0 Å². The lowest BCUT2D eigenvalue weighted by Gasteiger charge is -2.37. The third-order valence-electron chi connectivity index (χ3n) is 7.43. The summed E-state index contributed by atoms with van der Waals surface area (Å²) in [6.07, 6.45) is 5.00. The second-order valence-corrected chi connectivity index (χ2v) is 10.7. The molecular formula is C27H43ClN4O5. The van der Waals surface area contributed by atoms with E-state index in [-0.39, 0.29) is 37.2 Å². The Bertz CT molecular complexity index is 852. The van der Waals surface area contributed by atoms with Crippen molar-refractivity contribution in [1.29, 1.82) is 0 Å². The van der Waals surface area contributed by atoms with Gasteiger partial charge in [0.1, 0.15) is 0 Å². The average Bonchev–Trinajstić information content (AvgIpc) is 3.17. The molecule has 2 heterocycles. The summed E-state index contributed by atoms with van der Waals surface area (Å²) in [5.74, 6) is 0.600. The van der Waals surface area contributed by atoms with Gasteiger partial charge >= 0.3 is 12.1 Å². The standard InChI is InChI=1S/C27H43ClN4O5/c1-29-24(15-20-7-3-4-13-36-19-20)17-30-26(33)32-11-6-9-22(18-32)25(21-8-5-10-23(28)16-21)37-14-12-31(2)27(34)35/h5,8,10,16,20,22,24-25,29H,3-4,6-7,9,11-15,17-19H2,1-2H3,(H,30,33)(H,34,35)/t20-,22-,24+,25+/m1/s1. The largest absolute Gasteiger partial charge is 0.465 e. The molecule has 0 aliphatic carbocycles. The number of hydrogen-bond donors (Lipinski definition) is 3. The summed E-state index contributed by atoms with van der Waals surface area (Å²) in [5.41, 5.74) is 0.943. The Labute approximate surface area is 225 Å². The highest BCUT2D eigenvalue weighted by Crippen LogP contribution is 2.34. The Morgan fingerprint density at radius 1 is 1.30 bits per heavy atom. The highest BCUT2D eigenvalue weighted by molar-refractivity contribution is 6.30. The van der Waals surface area contributed by atoms with Crippen LogP contribution in [0.4, 0.5) is 9.59 Å². The quantitative estimate of drug-likeness (QED) is 0.390. The lowest BCUT2D eigenvalue weighted by Crippen LogP contribution is -2.50. The van der Waals surface area contributed by atoms with Crippen molar-refractivity contribution in [1.82, 2.24) is 20.4 Å². The smallest absolute Gasteiger partial charge is 0.407 e. The summed E-state index contributed by atoms with van der Waals surface area (Å²) in [6.45, 7) is 4.02. The maximum atomic E-state index is 13.1. The second-order valence-electron chi connectivity index (χ2n) is 10.2. The van der Waals surface area contributed by atoms with Gasteiger partial charge in [-0.25, -0.2) is 9.59 Å². The number of piperidine rings is 1. The number of likely N-dealkylation sites (tertiary alicyclic amines) is 1. The molecule has 2 fully saturated rings. The van der Waals surface area contributed by atoms with E-state index in [9.17, 15) is 9.59 Å². The Balaban J connectivity index is 1.57. The van der Waals surface area contributed by atoms with Crippen LogP contribution in [0.2, 0.25) is 5.02 Å². The first-order chi connectivity index (χ1) is 17.9. The number of hydrogen-bond acceptors (Lipinski definition) is 5. The Hall–Kier alpha value is -2.07. The Morgan fingerprint density at radius 2 is 2.14 bits per heavy atom. The number of rotatable bonds is 11. The first-order valence-electron chi connectivity index (χ1n) is 13.5. The summed E-state index contributed by atoms with van der Waals surface area (Å²) in [4.78, 5) is 27.4. The van der Waals surface area contributed by atoms with Gasteiger partial charge in [0.15, 0.2) is 0 Å². The molecule has 3 amide bonds. The van der Waals surface area contributed by atoms with E-state index in [4.69, 9.17) is 26.2 Å². The number of halogens is 1. The van der Waals surface area contributed by atoms with E-state index in [1.165, 1.54) is 24.8 Å². The van der Waals surface area contributed by atoms with Crippen LogP contribution in [0.15, 0.2) is 24.3 Å². The molecule has 0 aromatic heterocycles. The second kappa shape index (κ2) is 15.4. The van der Waals surface area contributed by atoms with Gasteiger partial charge in [-0.15, -0.1) is 0 Å². The SMILES string of the molecule is CN[C@H](CNC(=O)N1CCC[C@@H]([C@@H](OCCN(C)C(=O)O)c2cccc(Cl)c2)C1)C[C@H]1CCCCOC1. The number of likely N-dealkylation sites (N-methyl/N-ethyl adjacent to an activating group) is 2. The number of amides is 3. The van der Waals surface area contributed by atoms with Crippen molar-refractivity contribution in [2.45, 2.75) is 50.7 Å². The van der Waals surface area contributed by atoms with Crippen LogP contribution in [-0.2, 0) is 9.47 Å². The topological polar surface area (TPSA) is 103 Å². The molecule has 0 bridgehead atoms. The minimum atomic E-state index is -0.991. The van der Waals surface area contributed by atoms with Crippen LogP contribution in [0.1, 0.15) is 50.2 Å². The highest BCUT2D eigenvalue weighted by Gasteiger charge is 2.32. The van der Waals surface area contributed by atoms with Gasteiger partial charge in [-0.2, -0.15) is 0 Å². The zero-order valence-electron chi connectivity index (χ0n) is 22.2. The first-order valence-corrected chi connectivity index (χ1v) is 13.8. The summed E-state index contributed by atoms with van der Waals surface area (Å²) >= 11 is 6.27. The molecule has 37 heavy (non-hydrogen) atoms. The van der Waals surface area contributed by atoms with Gasteiger partial charge in [0.2, 0.25) is 0 Å². The normalized spacial score (nSPS) is 22.1. The predicted octanol–water partition coefficient (Wildman–Crippen LogP) is 4.22. The fraction of sp³-hybridized carbons (Fsp3) is 0.704. The zero-order chi connectivity index (χ0) is 26.6. The van der Waals surface area contributed by atoms with Crippen molar-refractivity contribution in [3.63, 3.8) is 0 Å². The molecule has 2 aliphatic heterocycles. The third-order valence-corrected chi connectivity index (χ3v) is 7.67. The fourth-order valence-corrected chi connectivity index (χ4v) is 5.42. The maximum Gasteiger partial charge on any atom is 0.407 e. The number of carbonyl (C=O) groups excluding carboxylic acids is 1. The summed E-state index contributed by atoms with van der Waals surface area (Å²) < 4.78 is 12.0. The van der Waals surface area contributed by atoms with Crippen LogP contribution < -0.4 is 10.6 Å². The minimum absolute atomic E-state index is 0.0579. The number of nitrogens with one attached hydrogen (secondary N) is 2. The van der Waals surface area contributed by atoms with E-state index in [0.717, 1.165) is 44.5 Å². The van der Waals surface area contributed by atoms with E-state index in [2.05, 4.69) is 10.6 Å². The molecule has 208 valence electrons. The molecule has 0 radical (unpaired) electrons. The van der Waals surface area contributed by atoms with Crippen LogP contribution in [0, 0.1) is 11.8 Å². The third kappa shape index (κ3) is 9.63. The number of carbonyl (C=O) groups is 2. The Morgan fingerprint density at radius 3 is 2.89 bits per heavy atom. The molecule has 1 aromatic rings. The van der Waals surface area contributed by atoms with Gasteiger partial charge in [-0.1, -0.05) is 30.2 Å². The summed E-state index contributed by atoms with van der Waals surface area (Å²) in [6, 6.07) is 7.72. The van der Waals surface area contributed by atoms with E-state index in [1.54, 1.807) is 0 Å². The van der Waals surface area contributed by atoms with E-state index in [0.29, 0.717) is 30.6 Å². The highest BCUT2D eigenvalue weighted by atomic mass is 35.5. The summed E-state index contributed by atoms with van der Waals surface area (Å²) in [5, 5.41) is 16.3. The molecule has 3 N–H and O–H groups in total. The van der Waals surface area contributed by atoms with Crippen molar-refractivity contribution >= 4 is 23.7 Å². The van der Waals surface area contributed by atoms with Gasteiger partial charge in [0.25, 0.3) is 0 Å². The van der Waals surface area contributed by atoms with Crippen molar-refractivity contribution in [2.75, 3.05) is 60.1 Å². The van der Waals surface area contributed by atoms with Crippen LogP contribution in [-0.4, -0.2) is 93.2 Å². The van der Waals surface area contributed by atoms with Crippen molar-refractivity contribution in [2.24, 2.45) is 11.8 Å². The van der Waals surface area contributed by atoms with E-state index >= 15 is 0 Å². The molecule has 3 rings (SSSR count). The number of benzene rings is 1. The number of ether oxygens (including phenoxy) is 2. The predicted molar refractivity (Wildman–Crippen MR) is 144 cm³/mol. The van der Waals surface area contributed by atoms with E-state index < -0.39 is 6.09 Å². The van der Waals surface area contributed by atoms with Crippen LogP contribution in [0.5, 0.6) is 0 Å². The molecule has 10 heteroatoms.